The van der Waals surface area contributed by atoms with Gasteiger partial charge in [-0.05, 0) is 43.6 Å². The van der Waals surface area contributed by atoms with Crippen LogP contribution in [0.4, 0.5) is 43.9 Å². The molecule has 0 bridgehead atoms. The van der Waals surface area contributed by atoms with Crippen molar-refractivity contribution >= 4 is 53.2 Å². The Hall–Kier alpha value is -3.62. The molecule has 0 fully saturated rings. The minimum atomic E-state index is -2.26. The van der Waals surface area contributed by atoms with E-state index in [-0.39, 0.29) is 78.2 Å². The van der Waals surface area contributed by atoms with Gasteiger partial charge in [-0.2, -0.15) is 9.59 Å². The van der Waals surface area contributed by atoms with Crippen molar-refractivity contribution in [1.29, 1.82) is 0 Å². The van der Waals surface area contributed by atoms with Gasteiger partial charge in [0.25, 0.3) is 0 Å². The Balaban J connectivity index is 0. The zero-order chi connectivity index (χ0) is 41.9. The van der Waals surface area contributed by atoms with Crippen molar-refractivity contribution in [2.45, 2.75) is 49.3 Å². The van der Waals surface area contributed by atoms with Crippen LogP contribution in [0.3, 0.4) is 0 Å². The molecule has 1 aliphatic carbocycles. The Labute approximate surface area is 337 Å². The summed E-state index contributed by atoms with van der Waals surface area (Å²) in [6.07, 6.45) is 4.29. The van der Waals surface area contributed by atoms with E-state index < -0.39 is 97.3 Å². The van der Waals surface area contributed by atoms with Crippen LogP contribution in [-0.2, 0) is 38.2 Å². The molecule has 2 aromatic carbocycles. The first-order valence-electron chi connectivity index (χ1n) is 14.8. The van der Waals surface area contributed by atoms with Crippen molar-refractivity contribution in [2.24, 2.45) is 11.8 Å². The van der Waals surface area contributed by atoms with E-state index in [2.05, 4.69) is 9.47 Å². The quantitative estimate of drug-likeness (QED) is 0.0480. The molecular weight excluding hydrogens is 817 g/mol. The SMILES string of the molecule is CC(=O)/C=C/CCSc1c(F)c(F)c(F)c(F)c1F.CCC(=O)OC.COC(=O)C1C([O-])=CC(=O)CC1CCSc1c(F)c(F)c(F)c(F)c1F.O=C=O.[Na+]. The number of rotatable bonds is 11. The molecule has 0 aliphatic heterocycles. The predicted octanol–water partition coefficient (Wildman–Crippen LogP) is 3.49. The van der Waals surface area contributed by atoms with Crippen molar-refractivity contribution in [3.8, 4) is 0 Å². The third-order valence-corrected chi connectivity index (χ3v) is 8.65. The smallest absolute Gasteiger partial charge is 0.875 e. The molecule has 0 aromatic heterocycles. The summed E-state index contributed by atoms with van der Waals surface area (Å²) in [5.41, 5.74) is 0. The molecule has 298 valence electrons. The van der Waals surface area contributed by atoms with Gasteiger partial charge in [-0.15, -0.1) is 29.3 Å². The zero-order valence-electron chi connectivity index (χ0n) is 29.4. The van der Waals surface area contributed by atoms with Crippen LogP contribution in [0, 0.1) is 70.0 Å². The number of hydrogen-bond acceptors (Lipinski definition) is 11. The van der Waals surface area contributed by atoms with E-state index in [1.165, 1.54) is 26.2 Å². The van der Waals surface area contributed by atoms with Gasteiger partial charge in [0.15, 0.2) is 58.1 Å². The zero-order valence-corrected chi connectivity index (χ0v) is 33.0. The van der Waals surface area contributed by atoms with Gasteiger partial charge < -0.3 is 14.6 Å². The van der Waals surface area contributed by atoms with Crippen LogP contribution in [0.1, 0.15) is 39.5 Å². The van der Waals surface area contributed by atoms with E-state index in [4.69, 9.17) is 9.59 Å². The minimum absolute atomic E-state index is 0. The molecule has 0 radical (unpaired) electrons. The summed E-state index contributed by atoms with van der Waals surface area (Å²) in [4.78, 5) is 58.0. The second-order valence-corrected chi connectivity index (χ2v) is 12.3. The number of hydrogen-bond donors (Lipinski definition) is 0. The maximum atomic E-state index is 13.6. The Morgan fingerprint density at radius 1 is 0.782 bits per heavy atom. The van der Waals surface area contributed by atoms with Gasteiger partial charge >= 0.3 is 47.6 Å². The molecule has 2 unspecified atom stereocenters. The first-order valence-corrected chi connectivity index (χ1v) is 16.7. The van der Waals surface area contributed by atoms with Crippen LogP contribution in [0.2, 0.25) is 0 Å². The van der Waals surface area contributed by atoms with E-state index in [0.29, 0.717) is 29.9 Å². The van der Waals surface area contributed by atoms with Crippen molar-refractivity contribution in [1.82, 2.24) is 0 Å². The van der Waals surface area contributed by atoms with E-state index in [9.17, 15) is 68.2 Å². The number of benzene rings is 2. The van der Waals surface area contributed by atoms with Gasteiger partial charge in [-0.1, -0.05) is 13.0 Å². The third-order valence-electron chi connectivity index (χ3n) is 6.47. The van der Waals surface area contributed by atoms with E-state index in [1.54, 1.807) is 6.92 Å². The standard InChI is InChI=1S/C16H13F5O4S.C12H9F5OS.C4H8O2.CO2.Na/c1-25-16(24)9-6(4-7(22)5-8(9)23)2-3-26-15-13(20)11(18)10(17)12(19)14(15)21;1-6(18)4-2-3-5-19-12-10(16)8(14)7(13)9(15)11(12)17;1-3-4(5)6-2;2-1-3;/h5-6,9,23H,2-4H2,1H3;2,4H,3,5H2,1H3;3H2,1-2H3;;/q;;;;+1/p-1/b;4-2+;;;. The fraction of sp³-hybridized carbons (Fsp3) is 0.364. The van der Waals surface area contributed by atoms with Crippen molar-refractivity contribution in [2.75, 3.05) is 25.7 Å². The fourth-order valence-electron chi connectivity index (χ4n) is 3.98. The summed E-state index contributed by atoms with van der Waals surface area (Å²) >= 11 is 0.850. The molecule has 0 heterocycles. The number of carbonyl (C=O) groups is 4. The fourth-order valence-corrected chi connectivity index (χ4v) is 5.93. The van der Waals surface area contributed by atoms with Crippen molar-refractivity contribution < 1.29 is 117 Å². The number of halogens is 10. The molecular formula is C33H29F10NaO9S2. The molecule has 0 saturated heterocycles. The van der Waals surface area contributed by atoms with Gasteiger partial charge in [-0.3, -0.25) is 19.2 Å². The van der Waals surface area contributed by atoms with Crippen LogP contribution >= 0.6 is 23.5 Å². The Morgan fingerprint density at radius 3 is 1.53 bits per heavy atom. The van der Waals surface area contributed by atoms with Gasteiger partial charge in [-0.25, -0.2) is 43.9 Å². The molecule has 2 atom stereocenters. The molecule has 0 N–H and O–H groups in total. The average molecular weight is 847 g/mol. The number of methoxy groups -OCH3 is 2. The first-order chi connectivity index (χ1) is 25.3. The second kappa shape index (κ2) is 27.1. The maximum Gasteiger partial charge on any atom is 1.00 e. The Morgan fingerprint density at radius 2 is 1.18 bits per heavy atom. The molecule has 9 nitrogen and oxygen atoms in total. The predicted molar refractivity (Wildman–Crippen MR) is 167 cm³/mol. The summed E-state index contributed by atoms with van der Waals surface area (Å²) in [7, 11) is 2.44. The van der Waals surface area contributed by atoms with Crippen LogP contribution in [-0.4, -0.2) is 55.4 Å². The van der Waals surface area contributed by atoms with Gasteiger partial charge in [0, 0.05) is 18.6 Å². The Kier molecular flexibility index (Phi) is 26.3. The van der Waals surface area contributed by atoms with Crippen molar-refractivity contribution in [3.63, 3.8) is 0 Å². The molecule has 3 rings (SSSR count). The van der Waals surface area contributed by atoms with E-state index in [1.807, 2.05) is 0 Å². The number of ether oxygens (including phenoxy) is 2. The minimum Gasteiger partial charge on any atom is -0.875 e. The van der Waals surface area contributed by atoms with Crippen LogP contribution in [0.25, 0.3) is 0 Å². The summed E-state index contributed by atoms with van der Waals surface area (Å²) in [6.45, 7) is 3.08. The number of thioether (sulfide) groups is 2. The summed E-state index contributed by atoms with van der Waals surface area (Å²) in [6, 6.07) is 0. The largest absolute Gasteiger partial charge is 1.00 e. The van der Waals surface area contributed by atoms with Crippen molar-refractivity contribution in [3.05, 3.63) is 82.2 Å². The summed E-state index contributed by atoms with van der Waals surface area (Å²) < 4.78 is 140. The first kappa shape index (κ1) is 53.5. The number of esters is 2. The normalized spacial score (nSPS) is 14.4. The molecule has 0 saturated carbocycles. The van der Waals surface area contributed by atoms with E-state index >= 15 is 0 Å². The Bertz CT molecular complexity index is 1710. The van der Waals surface area contributed by atoms with E-state index in [0.717, 1.165) is 13.2 Å². The summed E-state index contributed by atoms with van der Waals surface area (Å²) in [5.74, 6) is -24.6. The molecule has 2 aromatic rings. The van der Waals surface area contributed by atoms with Gasteiger partial charge in [0.05, 0.1) is 29.9 Å². The van der Waals surface area contributed by atoms with Gasteiger partial charge in [0.1, 0.15) is 0 Å². The second-order valence-electron chi connectivity index (χ2n) is 10.1. The molecule has 1 aliphatic rings. The topological polar surface area (TPSA) is 144 Å². The maximum absolute atomic E-state index is 13.6. The average Bonchev–Trinajstić information content (AvgIpc) is 3.13. The van der Waals surface area contributed by atoms with Crippen LogP contribution in [0.15, 0.2) is 33.8 Å². The number of ketones is 2. The number of allylic oxidation sites excluding steroid dienone is 3. The number of carbonyl (C=O) groups excluding carboxylic acids is 6. The molecule has 0 amide bonds. The molecule has 55 heavy (non-hydrogen) atoms. The van der Waals surface area contributed by atoms with Crippen LogP contribution in [0.5, 0.6) is 0 Å². The molecule has 0 spiro atoms. The van der Waals surface area contributed by atoms with Crippen LogP contribution < -0.4 is 34.7 Å². The third kappa shape index (κ3) is 16.6. The summed E-state index contributed by atoms with van der Waals surface area (Å²) in [5, 5.41) is 11.8. The molecule has 22 heteroatoms. The monoisotopic (exact) mass is 846 g/mol. The van der Waals surface area contributed by atoms with Gasteiger partial charge in [0.2, 0.25) is 11.6 Å².